The molecular weight excluding hydrogens is 383 g/mol. The van der Waals surface area contributed by atoms with Crippen LogP contribution in [0.4, 0.5) is 5.69 Å². The highest BCUT2D eigenvalue weighted by molar-refractivity contribution is 7.15. The second-order valence-corrected chi connectivity index (χ2v) is 6.10. The van der Waals surface area contributed by atoms with E-state index in [0.29, 0.717) is 30.0 Å². The van der Waals surface area contributed by atoms with Gasteiger partial charge in [0.1, 0.15) is 0 Å². The molecule has 0 spiro atoms. The molecule has 2 unspecified atom stereocenters. The molecule has 1 heterocycles. The third-order valence-corrected chi connectivity index (χ3v) is 4.43. The lowest BCUT2D eigenvalue weighted by Gasteiger charge is -2.24. The Morgan fingerprint density at radius 1 is 1.29 bits per heavy atom. The van der Waals surface area contributed by atoms with Crippen molar-refractivity contribution in [2.45, 2.75) is 31.7 Å². The number of likely N-dealkylation sites (tertiary alicyclic amines) is 1. The molecule has 0 saturated carbocycles. The minimum atomic E-state index is -0.301. The van der Waals surface area contributed by atoms with Gasteiger partial charge >= 0.3 is 5.97 Å². The average Bonchev–Trinajstić information content (AvgIpc) is 3.21. The summed E-state index contributed by atoms with van der Waals surface area (Å²) in [5.41, 5.74) is 6.66. The Morgan fingerprint density at radius 3 is 2.61 bits per heavy atom. The summed E-state index contributed by atoms with van der Waals surface area (Å²) >= 11 is 0. The molecule has 8 nitrogen and oxygen atoms in total. The summed E-state index contributed by atoms with van der Waals surface area (Å²) in [4.78, 5) is 25.5. The van der Waals surface area contributed by atoms with Crippen LogP contribution in [-0.4, -0.2) is 68.6 Å². The van der Waals surface area contributed by atoms with E-state index in [4.69, 9.17) is 15.2 Å². The number of nitrogen functional groups attached to an aromatic ring is 1. The van der Waals surface area contributed by atoms with Gasteiger partial charge in [-0.15, -0.1) is 9.24 Å². The number of hydrogen-bond acceptors (Lipinski definition) is 7. The topological polar surface area (TPSA) is 111 Å². The zero-order valence-electron chi connectivity index (χ0n) is 16.8. The summed E-state index contributed by atoms with van der Waals surface area (Å²) in [5.74, 6) is 0.270. The molecule has 0 aliphatic carbocycles. The second kappa shape index (κ2) is 12.4. The van der Waals surface area contributed by atoms with Gasteiger partial charge in [0.2, 0.25) is 0 Å². The molecular formula is C19H31N2O6P. The largest absolute Gasteiger partial charge is 0.493 e. The fourth-order valence-electron chi connectivity index (χ4n) is 2.98. The maximum Gasteiger partial charge on any atom is 0.305 e. The number of nitrogens with zero attached hydrogens (tertiary/aromatic N) is 1. The standard InChI is InChI=1S/C18H26N2O6.CH5P/c1-24-15-9-13(18(23)20-7-3-5-12(20)11-21)14(19)10-16(15)26-8-4-6-17(22)25-2;1-2/h9-10,12,21H,3-8,11,19H2,1-2H3;2H2,1H3. The van der Waals surface area contributed by atoms with Crippen LogP contribution in [0, 0.1) is 0 Å². The van der Waals surface area contributed by atoms with Crippen LogP contribution in [0.2, 0.25) is 0 Å². The predicted molar refractivity (Wildman–Crippen MR) is 111 cm³/mol. The number of ether oxygens (including phenoxy) is 3. The van der Waals surface area contributed by atoms with Crippen molar-refractivity contribution in [3.8, 4) is 11.5 Å². The van der Waals surface area contributed by atoms with Crippen LogP contribution in [0.25, 0.3) is 0 Å². The monoisotopic (exact) mass is 414 g/mol. The van der Waals surface area contributed by atoms with Gasteiger partial charge in [-0.2, -0.15) is 0 Å². The van der Waals surface area contributed by atoms with Crippen LogP contribution < -0.4 is 15.2 Å². The van der Waals surface area contributed by atoms with Crippen molar-refractivity contribution in [1.82, 2.24) is 4.90 Å². The van der Waals surface area contributed by atoms with Crippen molar-refractivity contribution in [2.24, 2.45) is 0 Å². The molecule has 1 aromatic rings. The van der Waals surface area contributed by atoms with Crippen molar-refractivity contribution < 1.29 is 28.9 Å². The number of aliphatic hydroxyl groups is 1. The Kier molecular flexibility index (Phi) is 10.6. The van der Waals surface area contributed by atoms with Gasteiger partial charge in [0.15, 0.2) is 11.5 Å². The van der Waals surface area contributed by atoms with E-state index < -0.39 is 0 Å². The summed E-state index contributed by atoms with van der Waals surface area (Å²) in [5, 5.41) is 9.42. The molecule has 0 radical (unpaired) electrons. The van der Waals surface area contributed by atoms with E-state index in [9.17, 15) is 14.7 Å². The summed E-state index contributed by atoms with van der Waals surface area (Å²) in [7, 11) is 5.23. The maximum atomic E-state index is 12.8. The Labute approximate surface area is 168 Å². The van der Waals surface area contributed by atoms with Gasteiger partial charge in [0, 0.05) is 24.7 Å². The summed E-state index contributed by atoms with van der Waals surface area (Å²) in [6.07, 6.45) is 2.38. The first-order valence-corrected chi connectivity index (χ1v) is 10.3. The Morgan fingerprint density at radius 2 is 2.00 bits per heavy atom. The summed E-state index contributed by atoms with van der Waals surface area (Å²) in [6, 6.07) is 2.93. The van der Waals surface area contributed by atoms with E-state index in [1.165, 1.54) is 14.2 Å². The van der Waals surface area contributed by atoms with E-state index in [2.05, 4.69) is 14.0 Å². The highest BCUT2D eigenvalue weighted by Gasteiger charge is 2.30. The first kappa shape index (κ1) is 24.0. The third kappa shape index (κ3) is 6.24. The minimum Gasteiger partial charge on any atom is -0.493 e. The molecule has 0 aromatic heterocycles. The zero-order chi connectivity index (χ0) is 21.1. The van der Waals surface area contributed by atoms with Crippen LogP contribution in [0.5, 0.6) is 11.5 Å². The molecule has 9 heteroatoms. The second-order valence-electron chi connectivity index (χ2n) is 6.10. The van der Waals surface area contributed by atoms with Crippen molar-refractivity contribution in [3.63, 3.8) is 0 Å². The van der Waals surface area contributed by atoms with E-state index in [-0.39, 0.29) is 43.2 Å². The van der Waals surface area contributed by atoms with Crippen LogP contribution in [-0.2, 0) is 9.53 Å². The van der Waals surface area contributed by atoms with Gasteiger partial charge in [-0.05, 0) is 25.3 Å². The van der Waals surface area contributed by atoms with Crippen LogP contribution >= 0.6 is 9.24 Å². The smallest absolute Gasteiger partial charge is 0.305 e. The van der Waals surface area contributed by atoms with Crippen molar-refractivity contribution in [3.05, 3.63) is 17.7 Å². The van der Waals surface area contributed by atoms with E-state index in [1.807, 2.05) is 6.66 Å². The number of esters is 1. The first-order valence-electron chi connectivity index (χ1n) is 9.18. The van der Waals surface area contributed by atoms with Crippen molar-refractivity contribution >= 4 is 26.8 Å². The number of methoxy groups -OCH3 is 2. The van der Waals surface area contributed by atoms with E-state index in [1.54, 1.807) is 17.0 Å². The lowest BCUT2D eigenvalue weighted by atomic mass is 10.1. The number of nitrogens with two attached hydrogens (primary N) is 1. The Hall–Kier alpha value is -2.05. The Balaban J connectivity index is 0.00000190. The minimum absolute atomic E-state index is 0.0653. The zero-order valence-corrected chi connectivity index (χ0v) is 17.9. The summed E-state index contributed by atoms with van der Waals surface area (Å²) in [6.45, 7) is 2.73. The molecule has 1 aromatic carbocycles. The van der Waals surface area contributed by atoms with Crippen LogP contribution in [0.15, 0.2) is 12.1 Å². The quantitative estimate of drug-likeness (QED) is 0.288. The van der Waals surface area contributed by atoms with Crippen LogP contribution in [0.1, 0.15) is 36.0 Å². The van der Waals surface area contributed by atoms with Crippen molar-refractivity contribution in [2.75, 3.05) is 46.4 Å². The highest BCUT2D eigenvalue weighted by Crippen LogP contribution is 2.34. The number of carbonyl (C=O) groups is 2. The van der Waals surface area contributed by atoms with Gasteiger partial charge in [0.05, 0.1) is 39.0 Å². The number of rotatable bonds is 8. The maximum absolute atomic E-state index is 12.8. The average molecular weight is 414 g/mol. The molecule has 0 bridgehead atoms. The molecule has 3 N–H and O–H groups in total. The van der Waals surface area contributed by atoms with Crippen LogP contribution in [0.3, 0.4) is 0 Å². The number of amides is 1. The molecule has 1 saturated heterocycles. The van der Waals surface area contributed by atoms with Gasteiger partial charge in [-0.3, -0.25) is 9.59 Å². The highest BCUT2D eigenvalue weighted by atomic mass is 31.0. The normalized spacial score (nSPS) is 15.5. The third-order valence-electron chi connectivity index (χ3n) is 4.43. The number of hydrogen-bond donors (Lipinski definition) is 2. The number of carbonyl (C=O) groups excluding carboxylic acids is 2. The first-order chi connectivity index (χ1) is 13.5. The molecule has 2 rings (SSSR count). The fraction of sp³-hybridized carbons (Fsp3) is 0.579. The van der Waals surface area contributed by atoms with Gasteiger partial charge in [-0.25, -0.2) is 0 Å². The summed E-state index contributed by atoms with van der Waals surface area (Å²) < 4.78 is 15.5. The number of anilines is 1. The number of aliphatic hydroxyl groups excluding tert-OH is 1. The Bertz CT molecular complexity index is 656. The van der Waals surface area contributed by atoms with Crippen molar-refractivity contribution in [1.29, 1.82) is 0 Å². The fourth-order valence-corrected chi connectivity index (χ4v) is 2.98. The molecule has 2 atom stereocenters. The van der Waals surface area contributed by atoms with E-state index in [0.717, 1.165) is 12.8 Å². The molecule has 28 heavy (non-hydrogen) atoms. The van der Waals surface area contributed by atoms with Gasteiger partial charge < -0.3 is 30.0 Å². The SMILES string of the molecule is COC(=O)CCCOc1cc(N)c(C(=O)N2CCCC2CO)cc1OC.CP. The lowest BCUT2D eigenvalue weighted by Crippen LogP contribution is -2.38. The van der Waals surface area contributed by atoms with E-state index >= 15 is 0 Å². The molecule has 1 fully saturated rings. The lowest BCUT2D eigenvalue weighted by molar-refractivity contribution is -0.140. The molecule has 1 aliphatic heterocycles. The van der Waals surface area contributed by atoms with Gasteiger partial charge in [-0.1, -0.05) is 6.66 Å². The molecule has 1 amide bonds. The molecule has 1 aliphatic rings. The van der Waals surface area contributed by atoms with Gasteiger partial charge in [0.25, 0.3) is 5.91 Å². The molecule has 158 valence electrons. The number of benzene rings is 1. The predicted octanol–water partition coefficient (Wildman–Crippen LogP) is 1.70.